The zero-order valence-corrected chi connectivity index (χ0v) is 13.4. The van der Waals surface area contributed by atoms with Crippen LogP contribution in [-0.4, -0.2) is 42.0 Å². The van der Waals surface area contributed by atoms with Gasteiger partial charge in [0, 0.05) is 25.2 Å². The van der Waals surface area contributed by atoms with E-state index in [9.17, 15) is 9.59 Å². The lowest BCUT2D eigenvalue weighted by Gasteiger charge is -2.34. The SMILES string of the molecule is CC(C)NC(=O)C1CCCN(C(=O)NC2CCCCC2)C1. The van der Waals surface area contributed by atoms with Crippen LogP contribution in [0.1, 0.15) is 58.8 Å². The molecule has 21 heavy (non-hydrogen) atoms. The van der Waals surface area contributed by atoms with E-state index in [-0.39, 0.29) is 23.9 Å². The maximum absolute atomic E-state index is 12.3. The Morgan fingerprint density at radius 3 is 2.43 bits per heavy atom. The van der Waals surface area contributed by atoms with Crippen LogP contribution >= 0.6 is 0 Å². The van der Waals surface area contributed by atoms with Crippen molar-refractivity contribution in [2.24, 2.45) is 5.92 Å². The maximum atomic E-state index is 12.3. The second-order valence-electron chi connectivity index (χ2n) is 6.73. The minimum Gasteiger partial charge on any atom is -0.354 e. The van der Waals surface area contributed by atoms with Crippen molar-refractivity contribution in [3.05, 3.63) is 0 Å². The molecule has 0 spiro atoms. The number of nitrogens with zero attached hydrogens (tertiary/aromatic N) is 1. The first-order valence-electron chi connectivity index (χ1n) is 8.42. The van der Waals surface area contributed by atoms with E-state index >= 15 is 0 Å². The van der Waals surface area contributed by atoms with Gasteiger partial charge >= 0.3 is 6.03 Å². The Morgan fingerprint density at radius 1 is 1.05 bits per heavy atom. The first kappa shape index (κ1) is 16.1. The van der Waals surface area contributed by atoms with Crippen molar-refractivity contribution in [3.63, 3.8) is 0 Å². The zero-order chi connectivity index (χ0) is 15.2. The van der Waals surface area contributed by atoms with Crippen LogP contribution in [0.5, 0.6) is 0 Å². The Bertz CT molecular complexity index is 365. The molecule has 1 aliphatic carbocycles. The van der Waals surface area contributed by atoms with E-state index in [1.807, 2.05) is 18.7 Å². The molecule has 2 N–H and O–H groups in total. The maximum Gasteiger partial charge on any atom is 0.317 e. The van der Waals surface area contributed by atoms with Crippen LogP contribution in [0.25, 0.3) is 0 Å². The van der Waals surface area contributed by atoms with Crippen LogP contribution in [0.2, 0.25) is 0 Å². The van der Waals surface area contributed by atoms with E-state index in [1.54, 1.807) is 0 Å². The predicted molar refractivity (Wildman–Crippen MR) is 83.0 cm³/mol. The summed E-state index contributed by atoms with van der Waals surface area (Å²) in [5.41, 5.74) is 0. The molecule has 2 aliphatic rings. The largest absolute Gasteiger partial charge is 0.354 e. The monoisotopic (exact) mass is 295 g/mol. The molecule has 0 aromatic heterocycles. The number of carbonyl (C=O) groups is 2. The number of urea groups is 1. The molecule has 1 saturated carbocycles. The van der Waals surface area contributed by atoms with Crippen molar-refractivity contribution >= 4 is 11.9 Å². The molecule has 2 fully saturated rings. The van der Waals surface area contributed by atoms with Crippen LogP contribution in [0, 0.1) is 5.92 Å². The van der Waals surface area contributed by atoms with Gasteiger partial charge in [0.1, 0.15) is 0 Å². The molecule has 1 heterocycles. The van der Waals surface area contributed by atoms with Gasteiger partial charge in [-0.2, -0.15) is 0 Å². The summed E-state index contributed by atoms with van der Waals surface area (Å²) in [6, 6.07) is 0.504. The highest BCUT2D eigenvalue weighted by Gasteiger charge is 2.29. The van der Waals surface area contributed by atoms with Crippen LogP contribution < -0.4 is 10.6 Å². The summed E-state index contributed by atoms with van der Waals surface area (Å²) in [7, 11) is 0. The smallest absolute Gasteiger partial charge is 0.317 e. The molecule has 1 aliphatic heterocycles. The predicted octanol–water partition coefficient (Wildman–Crippen LogP) is 2.27. The van der Waals surface area contributed by atoms with Crippen molar-refractivity contribution in [1.82, 2.24) is 15.5 Å². The normalized spacial score (nSPS) is 24.0. The third-order valence-electron chi connectivity index (χ3n) is 4.44. The summed E-state index contributed by atoms with van der Waals surface area (Å²) in [5, 5.41) is 6.10. The Balaban J connectivity index is 1.82. The summed E-state index contributed by atoms with van der Waals surface area (Å²) in [5.74, 6) is 0.0263. The Kier molecular flexibility index (Phi) is 5.88. The van der Waals surface area contributed by atoms with Crippen LogP contribution in [-0.2, 0) is 4.79 Å². The fourth-order valence-electron chi connectivity index (χ4n) is 3.29. The van der Waals surface area contributed by atoms with Crippen LogP contribution in [0.4, 0.5) is 4.79 Å². The topological polar surface area (TPSA) is 61.4 Å². The van der Waals surface area contributed by atoms with E-state index in [2.05, 4.69) is 10.6 Å². The number of nitrogens with one attached hydrogen (secondary N) is 2. The molecule has 3 amide bonds. The highest BCUT2D eigenvalue weighted by atomic mass is 16.2. The highest BCUT2D eigenvalue weighted by molar-refractivity contribution is 5.81. The average Bonchev–Trinajstić information content (AvgIpc) is 2.47. The highest BCUT2D eigenvalue weighted by Crippen LogP contribution is 2.20. The van der Waals surface area contributed by atoms with Gasteiger partial charge in [0.2, 0.25) is 5.91 Å². The number of hydrogen-bond acceptors (Lipinski definition) is 2. The molecular weight excluding hydrogens is 266 g/mol. The summed E-state index contributed by atoms with van der Waals surface area (Å²) in [6.45, 7) is 5.25. The minimum atomic E-state index is -0.0572. The third-order valence-corrected chi connectivity index (χ3v) is 4.44. The average molecular weight is 295 g/mol. The van der Waals surface area contributed by atoms with Gasteiger partial charge in [0.25, 0.3) is 0 Å². The summed E-state index contributed by atoms with van der Waals surface area (Å²) in [4.78, 5) is 26.3. The third kappa shape index (κ3) is 4.90. The van der Waals surface area contributed by atoms with Crippen molar-refractivity contribution < 1.29 is 9.59 Å². The van der Waals surface area contributed by atoms with Gasteiger partial charge in [-0.1, -0.05) is 19.3 Å². The van der Waals surface area contributed by atoms with Gasteiger partial charge in [0.05, 0.1) is 5.92 Å². The molecule has 1 atom stereocenters. The molecule has 0 radical (unpaired) electrons. The van der Waals surface area contributed by atoms with E-state index < -0.39 is 0 Å². The molecule has 0 bridgehead atoms. The number of amides is 3. The molecule has 0 aromatic rings. The van der Waals surface area contributed by atoms with Crippen molar-refractivity contribution in [3.8, 4) is 0 Å². The van der Waals surface area contributed by atoms with Gasteiger partial charge in [-0.25, -0.2) is 4.79 Å². The second kappa shape index (κ2) is 7.66. The number of piperidine rings is 1. The molecule has 120 valence electrons. The Labute approximate surface area is 127 Å². The molecule has 5 heteroatoms. The Morgan fingerprint density at radius 2 is 1.76 bits per heavy atom. The van der Waals surface area contributed by atoms with E-state index in [0.29, 0.717) is 12.6 Å². The first-order valence-corrected chi connectivity index (χ1v) is 8.42. The van der Waals surface area contributed by atoms with Crippen LogP contribution in [0.15, 0.2) is 0 Å². The number of likely N-dealkylation sites (tertiary alicyclic amines) is 1. The van der Waals surface area contributed by atoms with Gasteiger partial charge in [0.15, 0.2) is 0 Å². The van der Waals surface area contributed by atoms with Gasteiger partial charge in [-0.3, -0.25) is 4.79 Å². The fraction of sp³-hybridized carbons (Fsp3) is 0.875. The number of carbonyl (C=O) groups excluding carboxylic acids is 2. The first-order chi connectivity index (χ1) is 10.1. The summed E-state index contributed by atoms with van der Waals surface area (Å²) in [6.07, 6.45) is 7.69. The molecule has 1 unspecified atom stereocenters. The summed E-state index contributed by atoms with van der Waals surface area (Å²) < 4.78 is 0. The quantitative estimate of drug-likeness (QED) is 0.839. The lowest BCUT2D eigenvalue weighted by atomic mass is 9.95. The molecular formula is C16H29N3O2. The standard InChI is InChI=1S/C16H29N3O2/c1-12(2)17-15(20)13-7-6-10-19(11-13)16(21)18-14-8-4-3-5-9-14/h12-14H,3-11H2,1-2H3,(H,17,20)(H,18,21). The van der Waals surface area contributed by atoms with Crippen LogP contribution in [0.3, 0.4) is 0 Å². The molecule has 5 nitrogen and oxygen atoms in total. The zero-order valence-electron chi connectivity index (χ0n) is 13.4. The van der Waals surface area contributed by atoms with E-state index in [1.165, 1.54) is 19.3 Å². The van der Waals surface area contributed by atoms with Crippen molar-refractivity contribution in [2.75, 3.05) is 13.1 Å². The van der Waals surface area contributed by atoms with Gasteiger partial charge in [-0.15, -0.1) is 0 Å². The lowest BCUT2D eigenvalue weighted by Crippen LogP contribution is -2.51. The number of hydrogen-bond donors (Lipinski definition) is 2. The number of rotatable bonds is 3. The lowest BCUT2D eigenvalue weighted by molar-refractivity contribution is -0.126. The molecule has 0 aromatic carbocycles. The molecule has 2 rings (SSSR count). The van der Waals surface area contributed by atoms with Gasteiger partial charge < -0.3 is 15.5 Å². The van der Waals surface area contributed by atoms with Crippen molar-refractivity contribution in [2.45, 2.75) is 70.9 Å². The second-order valence-corrected chi connectivity index (χ2v) is 6.73. The summed E-state index contributed by atoms with van der Waals surface area (Å²) >= 11 is 0. The fourth-order valence-corrected chi connectivity index (χ4v) is 3.29. The van der Waals surface area contributed by atoms with E-state index in [4.69, 9.17) is 0 Å². The van der Waals surface area contributed by atoms with E-state index in [0.717, 1.165) is 32.2 Å². The molecule has 1 saturated heterocycles. The minimum absolute atomic E-state index is 0.0175. The van der Waals surface area contributed by atoms with Crippen molar-refractivity contribution in [1.29, 1.82) is 0 Å². The Hall–Kier alpha value is -1.26. The van der Waals surface area contributed by atoms with Gasteiger partial charge in [-0.05, 0) is 39.5 Å².